The molecule has 1 aliphatic rings. The van der Waals surface area contributed by atoms with Crippen LogP contribution in [0.1, 0.15) is 30.4 Å². The lowest BCUT2D eigenvalue weighted by atomic mass is 9.64. The van der Waals surface area contributed by atoms with Crippen LogP contribution in [-0.4, -0.2) is 30.4 Å². The second-order valence-electron chi connectivity index (χ2n) is 6.40. The molecule has 2 aromatic rings. The van der Waals surface area contributed by atoms with Crippen LogP contribution in [-0.2, 0) is 26.3 Å². The van der Waals surface area contributed by atoms with Gasteiger partial charge in [-0.15, -0.1) is 0 Å². The maximum atomic E-state index is 12.7. The van der Waals surface area contributed by atoms with Crippen molar-refractivity contribution in [3.63, 3.8) is 0 Å². The number of hydrogen-bond donors (Lipinski definition) is 0. The molecular formula is C19H20ClNO3S. The van der Waals surface area contributed by atoms with Crippen LogP contribution < -0.4 is 0 Å². The van der Waals surface area contributed by atoms with Crippen molar-refractivity contribution in [3.8, 4) is 0 Å². The van der Waals surface area contributed by atoms with Crippen LogP contribution >= 0.6 is 22.9 Å². The Morgan fingerprint density at radius 3 is 2.52 bits per heavy atom. The molecule has 0 radical (unpaired) electrons. The van der Waals surface area contributed by atoms with Gasteiger partial charge in [-0.1, -0.05) is 30.2 Å². The quantitative estimate of drug-likeness (QED) is 0.714. The Bertz CT molecular complexity index is 739. The number of thiophene rings is 1. The molecule has 1 saturated carbocycles. The van der Waals surface area contributed by atoms with Crippen LogP contribution in [0.25, 0.3) is 0 Å². The van der Waals surface area contributed by atoms with E-state index in [1.54, 1.807) is 35.4 Å². The molecule has 1 heterocycles. The Morgan fingerprint density at radius 1 is 1.24 bits per heavy atom. The van der Waals surface area contributed by atoms with E-state index in [2.05, 4.69) is 0 Å². The first-order chi connectivity index (χ1) is 12.0. The Labute approximate surface area is 156 Å². The summed E-state index contributed by atoms with van der Waals surface area (Å²) in [7, 11) is 1.71. The molecule has 0 atom stereocenters. The van der Waals surface area contributed by atoms with Gasteiger partial charge < -0.3 is 9.64 Å². The highest BCUT2D eigenvalue weighted by Gasteiger charge is 2.47. The monoisotopic (exact) mass is 377 g/mol. The zero-order valence-electron chi connectivity index (χ0n) is 14.0. The van der Waals surface area contributed by atoms with Crippen molar-refractivity contribution in [3.05, 3.63) is 57.2 Å². The van der Waals surface area contributed by atoms with Crippen LogP contribution in [0.2, 0.25) is 5.02 Å². The summed E-state index contributed by atoms with van der Waals surface area (Å²) in [5.41, 5.74) is 1.35. The van der Waals surface area contributed by atoms with Gasteiger partial charge in [0.2, 0.25) is 0 Å². The average molecular weight is 378 g/mol. The highest BCUT2D eigenvalue weighted by Crippen LogP contribution is 2.45. The van der Waals surface area contributed by atoms with Crippen molar-refractivity contribution in [2.24, 2.45) is 0 Å². The molecule has 0 unspecified atom stereocenters. The number of carbonyl (C=O) groups is 2. The van der Waals surface area contributed by atoms with Gasteiger partial charge in [-0.05, 0) is 52.9 Å². The molecule has 1 aromatic carbocycles. The lowest BCUT2D eigenvalue weighted by Crippen LogP contribution is -2.45. The van der Waals surface area contributed by atoms with Crippen molar-refractivity contribution < 1.29 is 14.3 Å². The van der Waals surface area contributed by atoms with Gasteiger partial charge in [0.15, 0.2) is 6.61 Å². The third kappa shape index (κ3) is 3.88. The molecule has 132 valence electrons. The van der Waals surface area contributed by atoms with E-state index in [0.29, 0.717) is 11.6 Å². The molecule has 0 saturated heterocycles. The van der Waals surface area contributed by atoms with E-state index in [4.69, 9.17) is 16.3 Å². The highest BCUT2D eigenvalue weighted by molar-refractivity contribution is 7.07. The molecule has 1 aliphatic carbocycles. The van der Waals surface area contributed by atoms with Crippen molar-refractivity contribution in [2.45, 2.75) is 31.2 Å². The summed E-state index contributed by atoms with van der Waals surface area (Å²) >= 11 is 7.52. The molecule has 3 rings (SSSR count). The third-order valence-corrected chi connectivity index (χ3v) is 5.73. The number of carbonyl (C=O) groups excluding carboxylic acids is 2. The van der Waals surface area contributed by atoms with E-state index in [9.17, 15) is 9.59 Å². The largest absolute Gasteiger partial charge is 0.455 e. The third-order valence-electron chi connectivity index (χ3n) is 4.75. The van der Waals surface area contributed by atoms with E-state index < -0.39 is 5.41 Å². The number of ether oxygens (including phenoxy) is 1. The Balaban J connectivity index is 1.59. The first-order valence-corrected chi connectivity index (χ1v) is 9.52. The molecule has 0 aliphatic heterocycles. The zero-order chi connectivity index (χ0) is 17.9. The number of nitrogens with zero attached hydrogens (tertiary/aromatic N) is 1. The van der Waals surface area contributed by atoms with Crippen LogP contribution in [0.3, 0.4) is 0 Å². The van der Waals surface area contributed by atoms with Crippen LogP contribution in [0.5, 0.6) is 0 Å². The summed E-state index contributed by atoms with van der Waals surface area (Å²) in [6.45, 7) is 0.289. The number of halogens is 1. The molecule has 0 spiro atoms. The van der Waals surface area contributed by atoms with E-state index >= 15 is 0 Å². The van der Waals surface area contributed by atoms with Crippen molar-refractivity contribution >= 4 is 34.8 Å². The van der Waals surface area contributed by atoms with Gasteiger partial charge in [-0.25, -0.2) is 0 Å². The van der Waals surface area contributed by atoms with Crippen LogP contribution in [0.15, 0.2) is 41.1 Å². The van der Waals surface area contributed by atoms with Crippen LogP contribution in [0, 0.1) is 0 Å². The first kappa shape index (κ1) is 18.0. The fraction of sp³-hybridized carbons (Fsp3) is 0.368. The number of hydrogen-bond acceptors (Lipinski definition) is 4. The maximum Gasteiger partial charge on any atom is 0.317 e. The summed E-state index contributed by atoms with van der Waals surface area (Å²) in [6.07, 6.45) is 2.46. The molecule has 1 fully saturated rings. The van der Waals surface area contributed by atoms with Gasteiger partial charge >= 0.3 is 5.97 Å². The normalized spacial score (nSPS) is 15.3. The number of rotatable bonds is 6. The Kier molecular flexibility index (Phi) is 5.45. The van der Waals surface area contributed by atoms with Crippen molar-refractivity contribution in [1.29, 1.82) is 0 Å². The van der Waals surface area contributed by atoms with Crippen molar-refractivity contribution in [2.75, 3.05) is 13.7 Å². The fourth-order valence-corrected chi connectivity index (χ4v) is 3.82. The maximum absolute atomic E-state index is 12.7. The van der Waals surface area contributed by atoms with Gasteiger partial charge in [0.1, 0.15) is 0 Å². The smallest absolute Gasteiger partial charge is 0.317 e. The summed E-state index contributed by atoms with van der Waals surface area (Å²) in [4.78, 5) is 26.4. The second kappa shape index (κ2) is 7.58. The number of likely N-dealkylation sites (N-methyl/N-ethyl adjacent to an activating group) is 1. The van der Waals surface area contributed by atoms with E-state index in [1.165, 1.54) is 0 Å². The van der Waals surface area contributed by atoms with Gasteiger partial charge in [-0.3, -0.25) is 9.59 Å². The lowest BCUT2D eigenvalue weighted by Gasteiger charge is -2.39. The summed E-state index contributed by atoms with van der Waals surface area (Å²) in [5, 5.41) is 4.61. The summed E-state index contributed by atoms with van der Waals surface area (Å²) in [6, 6.07) is 9.28. The van der Waals surface area contributed by atoms with Crippen molar-refractivity contribution in [1.82, 2.24) is 4.90 Å². The number of benzene rings is 1. The highest BCUT2D eigenvalue weighted by atomic mass is 35.5. The fourth-order valence-electron chi connectivity index (χ4n) is 3.03. The Morgan fingerprint density at radius 2 is 1.96 bits per heavy atom. The van der Waals surface area contributed by atoms with E-state index in [0.717, 1.165) is 30.4 Å². The minimum Gasteiger partial charge on any atom is -0.455 e. The topological polar surface area (TPSA) is 46.6 Å². The average Bonchev–Trinajstić information content (AvgIpc) is 3.06. The predicted octanol–water partition coefficient (Wildman–Crippen LogP) is 4.03. The molecule has 0 N–H and O–H groups in total. The van der Waals surface area contributed by atoms with E-state index in [1.807, 2.05) is 29.0 Å². The molecule has 0 bridgehead atoms. The standard InChI is InChI=1S/C19H20ClNO3S/c1-21(11-14-7-10-25-13-14)17(22)12-24-18(23)19(8-2-9-19)15-3-5-16(20)6-4-15/h3-7,10,13H,2,8-9,11-12H2,1H3. The summed E-state index contributed by atoms with van der Waals surface area (Å²) < 4.78 is 5.38. The van der Waals surface area contributed by atoms with Crippen LogP contribution in [0.4, 0.5) is 0 Å². The molecule has 1 aromatic heterocycles. The molecule has 4 nitrogen and oxygen atoms in total. The number of esters is 1. The van der Waals surface area contributed by atoms with Gasteiger partial charge in [0, 0.05) is 18.6 Å². The summed E-state index contributed by atoms with van der Waals surface area (Å²) in [5.74, 6) is -0.525. The van der Waals surface area contributed by atoms with Gasteiger partial charge in [0.25, 0.3) is 5.91 Å². The lowest BCUT2D eigenvalue weighted by molar-refractivity contribution is -0.160. The zero-order valence-corrected chi connectivity index (χ0v) is 15.6. The van der Waals surface area contributed by atoms with Gasteiger partial charge in [-0.2, -0.15) is 11.3 Å². The molecule has 6 heteroatoms. The molecular weight excluding hydrogens is 358 g/mol. The minimum atomic E-state index is -0.628. The van der Waals surface area contributed by atoms with Gasteiger partial charge in [0.05, 0.1) is 5.41 Å². The molecule has 1 amide bonds. The Hall–Kier alpha value is -1.85. The van der Waals surface area contributed by atoms with E-state index in [-0.39, 0.29) is 18.5 Å². The minimum absolute atomic E-state index is 0.204. The second-order valence-corrected chi connectivity index (χ2v) is 7.62. The number of amides is 1. The molecule has 25 heavy (non-hydrogen) atoms. The SMILES string of the molecule is CN(Cc1ccsc1)C(=O)COC(=O)C1(c2ccc(Cl)cc2)CCC1. The first-order valence-electron chi connectivity index (χ1n) is 8.19. The predicted molar refractivity (Wildman–Crippen MR) is 98.7 cm³/mol.